The number of methoxy groups -OCH3 is 1. The lowest BCUT2D eigenvalue weighted by atomic mass is 10.0. The largest absolute Gasteiger partial charge is 0.493 e. The number of ether oxygens (including phenoxy) is 2. The van der Waals surface area contributed by atoms with Crippen molar-refractivity contribution in [3.63, 3.8) is 0 Å². The summed E-state index contributed by atoms with van der Waals surface area (Å²) in [5.74, 6) is 1.03. The highest BCUT2D eigenvalue weighted by Gasteiger charge is 2.41. The van der Waals surface area contributed by atoms with Gasteiger partial charge in [-0.2, -0.15) is 4.31 Å². The fraction of sp³-hybridized carbons (Fsp3) is 0.370. The molecule has 1 aliphatic heterocycles. The molecule has 9 heteroatoms. The molecule has 7 nitrogen and oxygen atoms in total. The van der Waals surface area contributed by atoms with E-state index in [0.717, 1.165) is 30.4 Å². The monoisotopic (exact) mass is 526 g/mol. The number of hydrogen-bond acceptors (Lipinski definition) is 6. The van der Waals surface area contributed by atoms with E-state index < -0.39 is 10.0 Å². The second-order valence-electron chi connectivity index (χ2n) is 9.21. The lowest BCUT2D eigenvalue weighted by molar-refractivity contribution is -0.135. The van der Waals surface area contributed by atoms with Crippen LogP contribution in [0.25, 0.3) is 0 Å². The molecule has 5 rings (SSSR count). The molecule has 36 heavy (non-hydrogen) atoms. The normalized spacial score (nSPS) is 17.6. The number of benzene rings is 2. The van der Waals surface area contributed by atoms with Crippen LogP contribution >= 0.6 is 11.3 Å². The first-order valence-corrected chi connectivity index (χ1v) is 14.4. The number of nitrogens with zero attached hydrogens (tertiary/aromatic N) is 2. The van der Waals surface area contributed by atoms with Gasteiger partial charge >= 0.3 is 0 Å². The number of sulfonamides is 1. The number of hydrogen-bond donors (Lipinski definition) is 0. The molecule has 1 atom stereocenters. The number of thiophene rings is 1. The van der Waals surface area contributed by atoms with E-state index >= 15 is 0 Å². The Bertz CT molecular complexity index is 1330. The number of para-hydroxylation sites is 2. The van der Waals surface area contributed by atoms with Gasteiger partial charge in [0, 0.05) is 17.5 Å². The second kappa shape index (κ2) is 10.2. The molecule has 0 saturated heterocycles. The van der Waals surface area contributed by atoms with Gasteiger partial charge in [0.1, 0.15) is 6.61 Å². The van der Waals surface area contributed by atoms with Gasteiger partial charge in [-0.3, -0.25) is 4.79 Å². The Kier molecular flexibility index (Phi) is 7.05. The lowest BCUT2D eigenvalue weighted by Crippen LogP contribution is -2.48. The van der Waals surface area contributed by atoms with Crippen molar-refractivity contribution in [2.75, 3.05) is 26.8 Å². The first-order valence-electron chi connectivity index (χ1n) is 12.1. The van der Waals surface area contributed by atoms with Gasteiger partial charge in [0.2, 0.25) is 15.9 Å². The summed E-state index contributed by atoms with van der Waals surface area (Å²) in [6.07, 6.45) is 2.29. The quantitative estimate of drug-likeness (QED) is 0.413. The summed E-state index contributed by atoms with van der Waals surface area (Å²) in [7, 11) is -2.19. The molecule has 1 amide bonds. The van der Waals surface area contributed by atoms with Crippen LogP contribution in [0.2, 0.25) is 0 Å². The molecule has 1 fully saturated rings. The molecule has 1 saturated carbocycles. The zero-order valence-electron chi connectivity index (χ0n) is 20.4. The average Bonchev–Trinajstić information content (AvgIpc) is 3.61. The summed E-state index contributed by atoms with van der Waals surface area (Å²) >= 11 is 1.68. The Morgan fingerprint density at radius 2 is 1.81 bits per heavy atom. The van der Waals surface area contributed by atoms with Crippen LogP contribution in [-0.4, -0.2) is 56.4 Å². The third-order valence-corrected chi connectivity index (χ3v) is 9.66. The van der Waals surface area contributed by atoms with Crippen LogP contribution in [0, 0.1) is 6.92 Å². The van der Waals surface area contributed by atoms with Gasteiger partial charge in [0.05, 0.1) is 24.6 Å². The summed E-state index contributed by atoms with van der Waals surface area (Å²) in [4.78, 5) is 16.9. The van der Waals surface area contributed by atoms with Crippen molar-refractivity contribution in [2.24, 2.45) is 0 Å². The standard InChI is InChI=1S/C27H30N2O5S2/c1-19-7-11-21(12-8-19)36(31,32)29(20-9-10-20)17-27(30)28-15-13-26-22(14-16-35-26)23(28)18-34-25-6-4-3-5-24(25)33-2/h3-8,11-12,14,16,20,23H,9-10,13,15,17-18H2,1-2H3/t23-/m0/s1. The minimum atomic E-state index is -3.78. The molecule has 1 aliphatic carbocycles. The van der Waals surface area contributed by atoms with E-state index in [4.69, 9.17) is 9.47 Å². The molecule has 1 aromatic heterocycles. The molecule has 3 aromatic rings. The molecule has 0 unspecified atom stereocenters. The van der Waals surface area contributed by atoms with E-state index in [0.29, 0.717) is 18.0 Å². The summed E-state index contributed by atoms with van der Waals surface area (Å²) < 4.78 is 39.9. The minimum Gasteiger partial charge on any atom is -0.493 e. The van der Waals surface area contributed by atoms with Gasteiger partial charge in [0.15, 0.2) is 11.5 Å². The van der Waals surface area contributed by atoms with Crippen LogP contribution in [0.4, 0.5) is 0 Å². The van der Waals surface area contributed by atoms with Gasteiger partial charge in [-0.1, -0.05) is 29.8 Å². The third-order valence-electron chi connectivity index (χ3n) is 6.75. The summed E-state index contributed by atoms with van der Waals surface area (Å²) in [5, 5.41) is 2.03. The third kappa shape index (κ3) is 5.00. The van der Waals surface area contributed by atoms with Crippen molar-refractivity contribution in [3.8, 4) is 11.5 Å². The van der Waals surface area contributed by atoms with Crippen LogP contribution in [-0.2, 0) is 21.2 Å². The Morgan fingerprint density at radius 3 is 2.50 bits per heavy atom. The van der Waals surface area contributed by atoms with Crippen molar-refractivity contribution in [2.45, 2.75) is 43.2 Å². The maximum atomic E-state index is 13.7. The molecule has 2 heterocycles. The average molecular weight is 527 g/mol. The van der Waals surface area contributed by atoms with Crippen LogP contribution in [0.1, 0.15) is 34.9 Å². The maximum Gasteiger partial charge on any atom is 0.243 e. The van der Waals surface area contributed by atoms with Gasteiger partial charge in [-0.25, -0.2) is 8.42 Å². The zero-order valence-corrected chi connectivity index (χ0v) is 22.1. The predicted octanol–water partition coefficient (Wildman–Crippen LogP) is 4.42. The highest BCUT2D eigenvalue weighted by Crippen LogP contribution is 2.37. The number of amides is 1. The SMILES string of the molecule is COc1ccccc1OC[C@H]1c2ccsc2CCN1C(=O)CN(C1CC1)S(=O)(=O)c1ccc(C)cc1. The molecule has 2 aliphatic rings. The van der Waals surface area contributed by atoms with Crippen molar-refractivity contribution < 1.29 is 22.7 Å². The molecule has 0 spiro atoms. The van der Waals surface area contributed by atoms with Gasteiger partial charge in [-0.15, -0.1) is 11.3 Å². The van der Waals surface area contributed by atoms with Crippen LogP contribution < -0.4 is 9.47 Å². The Hall–Kier alpha value is -2.88. The molecule has 0 bridgehead atoms. The summed E-state index contributed by atoms with van der Waals surface area (Å²) in [6, 6.07) is 15.8. The summed E-state index contributed by atoms with van der Waals surface area (Å²) in [5.41, 5.74) is 2.05. The minimum absolute atomic E-state index is 0.134. The number of carbonyl (C=O) groups is 1. The highest BCUT2D eigenvalue weighted by atomic mass is 32.2. The Labute approximate surface area is 216 Å². The Morgan fingerprint density at radius 1 is 1.08 bits per heavy atom. The number of rotatable bonds is 9. The van der Waals surface area contributed by atoms with Gasteiger partial charge in [-0.05, 0) is 67.5 Å². The Balaban J connectivity index is 1.38. The van der Waals surface area contributed by atoms with Crippen molar-refractivity contribution >= 4 is 27.3 Å². The smallest absolute Gasteiger partial charge is 0.243 e. The van der Waals surface area contributed by atoms with Gasteiger partial charge < -0.3 is 14.4 Å². The molecule has 190 valence electrons. The van der Waals surface area contributed by atoms with E-state index in [-0.39, 0.29) is 36.0 Å². The fourth-order valence-corrected chi connectivity index (χ4v) is 7.19. The zero-order chi connectivity index (χ0) is 25.3. The van der Waals surface area contributed by atoms with Crippen molar-refractivity contribution in [3.05, 3.63) is 76.0 Å². The first-order chi connectivity index (χ1) is 17.4. The van der Waals surface area contributed by atoms with Crippen LogP contribution in [0.3, 0.4) is 0 Å². The van der Waals surface area contributed by atoms with E-state index in [1.807, 2.05) is 42.6 Å². The topological polar surface area (TPSA) is 76.2 Å². The predicted molar refractivity (Wildman–Crippen MR) is 139 cm³/mol. The fourth-order valence-electron chi connectivity index (χ4n) is 4.62. The van der Waals surface area contributed by atoms with Crippen LogP contribution in [0.5, 0.6) is 11.5 Å². The highest BCUT2D eigenvalue weighted by molar-refractivity contribution is 7.89. The molecule has 0 radical (unpaired) electrons. The number of fused-ring (bicyclic) bond motifs is 1. The number of aryl methyl sites for hydroxylation is 1. The lowest BCUT2D eigenvalue weighted by Gasteiger charge is -2.37. The summed E-state index contributed by atoms with van der Waals surface area (Å²) in [6.45, 7) is 2.52. The maximum absolute atomic E-state index is 13.7. The molecule has 2 aromatic carbocycles. The van der Waals surface area contributed by atoms with Gasteiger partial charge in [0.25, 0.3) is 0 Å². The second-order valence-corrected chi connectivity index (χ2v) is 12.1. The number of carbonyl (C=O) groups excluding carboxylic acids is 1. The van der Waals surface area contributed by atoms with E-state index in [2.05, 4.69) is 0 Å². The van der Waals surface area contributed by atoms with Crippen LogP contribution in [0.15, 0.2) is 64.9 Å². The van der Waals surface area contributed by atoms with E-state index in [1.165, 1.54) is 9.18 Å². The first kappa shape index (κ1) is 24.8. The van der Waals surface area contributed by atoms with Crippen molar-refractivity contribution in [1.29, 1.82) is 0 Å². The molecular weight excluding hydrogens is 496 g/mol. The van der Waals surface area contributed by atoms with E-state index in [1.54, 1.807) is 47.6 Å². The molecular formula is C27H30N2O5S2. The van der Waals surface area contributed by atoms with Crippen molar-refractivity contribution in [1.82, 2.24) is 9.21 Å². The van der Waals surface area contributed by atoms with E-state index in [9.17, 15) is 13.2 Å². The molecule has 0 N–H and O–H groups in total.